The number of hydrogen-bond acceptors (Lipinski definition) is 4. The monoisotopic (exact) mass is 349 g/mol. The highest BCUT2D eigenvalue weighted by molar-refractivity contribution is 6.31. The summed E-state index contributed by atoms with van der Waals surface area (Å²) in [5.74, 6) is -0.197. The molecule has 5 nitrogen and oxygen atoms in total. The zero-order valence-electron chi connectivity index (χ0n) is 13.0. The normalized spacial score (nSPS) is 20.4. The smallest absolute Gasteiger partial charge is 0.256 e. The van der Waals surface area contributed by atoms with E-state index in [1.807, 2.05) is 0 Å². The van der Waals surface area contributed by atoms with E-state index < -0.39 is 5.82 Å². The summed E-state index contributed by atoms with van der Waals surface area (Å²) in [4.78, 5) is 14.5. The first-order valence-corrected chi connectivity index (χ1v) is 8.45. The van der Waals surface area contributed by atoms with Crippen LogP contribution in [-0.2, 0) is 0 Å². The van der Waals surface area contributed by atoms with Gasteiger partial charge < -0.3 is 14.7 Å². The van der Waals surface area contributed by atoms with Crippen molar-refractivity contribution in [3.05, 3.63) is 46.6 Å². The molecule has 1 saturated carbocycles. The number of amides is 1. The molecular weight excluding hydrogens is 333 g/mol. The van der Waals surface area contributed by atoms with Crippen LogP contribution >= 0.6 is 11.6 Å². The van der Waals surface area contributed by atoms with Crippen LogP contribution in [0, 0.1) is 5.82 Å². The zero-order chi connectivity index (χ0) is 16.7. The summed E-state index contributed by atoms with van der Waals surface area (Å²) in [6, 6.07) is 4.72. The van der Waals surface area contributed by atoms with Crippen molar-refractivity contribution in [1.29, 1.82) is 0 Å². The highest BCUT2D eigenvalue weighted by atomic mass is 35.5. The average Bonchev–Trinajstić information content (AvgIpc) is 3.10. The zero-order valence-corrected chi connectivity index (χ0v) is 13.7. The van der Waals surface area contributed by atoms with Crippen LogP contribution in [0.2, 0.25) is 5.02 Å². The second-order valence-electron chi connectivity index (χ2n) is 6.39. The third kappa shape index (κ3) is 2.98. The van der Waals surface area contributed by atoms with E-state index in [1.54, 1.807) is 12.1 Å². The Morgan fingerprint density at radius 2 is 2.21 bits per heavy atom. The Hall–Kier alpha value is -2.08. The predicted molar refractivity (Wildman–Crippen MR) is 88.0 cm³/mol. The first-order chi connectivity index (χ1) is 11.6. The van der Waals surface area contributed by atoms with Crippen LogP contribution in [0.5, 0.6) is 0 Å². The van der Waals surface area contributed by atoms with Gasteiger partial charge in [0.25, 0.3) is 5.91 Å². The van der Waals surface area contributed by atoms with Crippen molar-refractivity contribution in [2.45, 2.75) is 31.2 Å². The van der Waals surface area contributed by atoms with Crippen LogP contribution < -0.4 is 10.2 Å². The molecule has 126 valence electrons. The number of rotatable bonds is 4. The molecule has 0 unspecified atom stereocenters. The lowest BCUT2D eigenvalue weighted by Crippen LogP contribution is -2.37. The number of anilines is 1. The highest BCUT2D eigenvalue weighted by Crippen LogP contribution is 2.40. The van der Waals surface area contributed by atoms with Crippen molar-refractivity contribution in [3.63, 3.8) is 0 Å². The van der Waals surface area contributed by atoms with Gasteiger partial charge in [0.2, 0.25) is 0 Å². The Bertz CT molecular complexity index is 775. The molecule has 2 aromatic rings. The fourth-order valence-corrected chi connectivity index (χ4v) is 3.30. The van der Waals surface area contributed by atoms with Crippen molar-refractivity contribution in [1.82, 2.24) is 10.5 Å². The molecule has 0 spiro atoms. The molecule has 2 aliphatic rings. The van der Waals surface area contributed by atoms with E-state index in [-0.39, 0.29) is 17.0 Å². The van der Waals surface area contributed by atoms with Gasteiger partial charge >= 0.3 is 0 Å². The van der Waals surface area contributed by atoms with Gasteiger partial charge in [0.05, 0.1) is 10.7 Å². The largest absolute Gasteiger partial charge is 0.369 e. The van der Waals surface area contributed by atoms with Crippen LogP contribution in [-0.4, -0.2) is 30.2 Å². The highest BCUT2D eigenvalue weighted by Gasteiger charge is 2.33. The molecule has 1 N–H and O–H groups in total. The van der Waals surface area contributed by atoms with Crippen LogP contribution in [0.3, 0.4) is 0 Å². The maximum Gasteiger partial charge on any atom is 0.256 e. The van der Waals surface area contributed by atoms with E-state index in [2.05, 4.69) is 15.4 Å². The lowest BCUT2D eigenvalue weighted by atomic mass is 10.1. The van der Waals surface area contributed by atoms with Crippen molar-refractivity contribution < 1.29 is 13.7 Å². The third-order valence-electron chi connectivity index (χ3n) is 4.60. The van der Waals surface area contributed by atoms with Crippen molar-refractivity contribution >= 4 is 23.2 Å². The SMILES string of the molecule is O=C(N[C@H]1CCN(c2ccc(F)c(Cl)c2)C1)c1conc1C1CC1. The van der Waals surface area contributed by atoms with Crippen molar-refractivity contribution in [2.75, 3.05) is 18.0 Å². The number of benzene rings is 1. The summed E-state index contributed by atoms with van der Waals surface area (Å²) in [6.45, 7) is 1.45. The second kappa shape index (κ2) is 6.09. The third-order valence-corrected chi connectivity index (χ3v) is 4.89. The summed E-state index contributed by atoms with van der Waals surface area (Å²) in [5.41, 5.74) is 2.18. The molecular formula is C17H17ClFN3O2. The molecule has 1 atom stereocenters. The molecule has 24 heavy (non-hydrogen) atoms. The van der Waals surface area contributed by atoms with E-state index in [0.29, 0.717) is 18.0 Å². The van der Waals surface area contributed by atoms with Gasteiger partial charge in [-0.2, -0.15) is 0 Å². The van der Waals surface area contributed by atoms with E-state index >= 15 is 0 Å². The summed E-state index contributed by atoms with van der Waals surface area (Å²) in [6.07, 6.45) is 4.38. The Labute approximate surface area is 143 Å². The number of carbonyl (C=O) groups is 1. The molecule has 1 aromatic carbocycles. The summed E-state index contributed by atoms with van der Waals surface area (Å²) in [7, 11) is 0. The first-order valence-electron chi connectivity index (χ1n) is 8.07. The quantitative estimate of drug-likeness (QED) is 0.919. The van der Waals surface area contributed by atoms with E-state index in [0.717, 1.165) is 37.2 Å². The lowest BCUT2D eigenvalue weighted by molar-refractivity contribution is 0.0939. The number of aromatic nitrogens is 1. The Balaban J connectivity index is 1.40. The number of nitrogens with one attached hydrogen (secondary N) is 1. The molecule has 1 aliphatic carbocycles. The number of hydrogen-bond donors (Lipinski definition) is 1. The van der Waals surface area contributed by atoms with Crippen molar-refractivity contribution in [2.24, 2.45) is 0 Å². The van der Waals surface area contributed by atoms with Gasteiger partial charge in [-0.1, -0.05) is 16.8 Å². The Kier molecular flexibility index (Phi) is 3.92. The minimum Gasteiger partial charge on any atom is -0.369 e. The van der Waals surface area contributed by atoms with Crippen LogP contribution in [0.15, 0.2) is 29.0 Å². The molecule has 2 fully saturated rings. The van der Waals surface area contributed by atoms with Crippen LogP contribution in [0.1, 0.15) is 41.2 Å². The van der Waals surface area contributed by atoms with Gasteiger partial charge in [-0.15, -0.1) is 0 Å². The fourth-order valence-electron chi connectivity index (χ4n) is 3.12. The Morgan fingerprint density at radius 3 is 2.96 bits per heavy atom. The van der Waals surface area contributed by atoms with Gasteiger partial charge in [-0.25, -0.2) is 4.39 Å². The summed E-state index contributed by atoms with van der Waals surface area (Å²) < 4.78 is 18.3. The van der Waals surface area contributed by atoms with Gasteiger partial charge in [0.15, 0.2) is 0 Å². The van der Waals surface area contributed by atoms with E-state index in [9.17, 15) is 9.18 Å². The minimum absolute atomic E-state index is 0.0308. The van der Waals surface area contributed by atoms with E-state index in [4.69, 9.17) is 16.1 Å². The van der Waals surface area contributed by atoms with Gasteiger partial charge in [0.1, 0.15) is 17.6 Å². The topological polar surface area (TPSA) is 58.4 Å². The molecule has 1 amide bonds. The van der Waals surface area contributed by atoms with Gasteiger partial charge in [-0.3, -0.25) is 4.79 Å². The first kappa shape index (κ1) is 15.4. The maximum atomic E-state index is 13.3. The summed E-state index contributed by atoms with van der Waals surface area (Å²) >= 11 is 5.84. The van der Waals surface area contributed by atoms with Gasteiger partial charge in [-0.05, 0) is 37.5 Å². The van der Waals surface area contributed by atoms with Crippen LogP contribution in [0.4, 0.5) is 10.1 Å². The second-order valence-corrected chi connectivity index (χ2v) is 6.80. The number of halogens is 2. The molecule has 1 aliphatic heterocycles. The van der Waals surface area contributed by atoms with E-state index in [1.165, 1.54) is 12.3 Å². The Morgan fingerprint density at radius 1 is 1.38 bits per heavy atom. The minimum atomic E-state index is -0.426. The maximum absolute atomic E-state index is 13.3. The van der Waals surface area contributed by atoms with Gasteiger partial charge in [0, 0.05) is 30.7 Å². The predicted octanol–water partition coefficient (Wildman–Crippen LogP) is 3.35. The molecule has 4 rings (SSSR count). The molecule has 1 aromatic heterocycles. The molecule has 7 heteroatoms. The molecule has 0 bridgehead atoms. The molecule has 2 heterocycles. The number of nitrogens with zero attached hydrogens (tertiary/aromatic N) is 2. The van der Waals surface area contributed by atoms with Crippen LogP contribution in [0.25, 0.3) is 0 Å². The average molecular weight is 350 g/mol. The molecule has 0 radical (unpaired) electrons. The summed E-state index contributed by atoms with van der Waals surface area (Å²) in [5, 5.41) is 7.11. The van der Waals surface area contributed by atoms with Crippen molar-refractivity contribution in [3.8, 4) is 0 Å². The molecule has 1 saturated heterocycles. The number of carbonyl (C=O) groups excluding carboxylic acids is 1. The fraction of sp³-hybridized carbons (Fsp3) is 0.412. The lowest BCUT2D eigenvalue weighted by Gasteiger charge is -2.19. The standard InChI is InChI=1S/C17H17ClFN3O2/c18-14-7-12(3-4-15(14)19)22-6-5-11(8-22)20-17(23)13-9-24-21-16(13)10-1-2-10/h3-4,7,9-11H,1-2,5-6,8H2,(H,20,23)/t11-/m0/s1.